The van der Waals surface area contributed by atoms with Crippen molar-refractivity contribution in [3.63, 3.8) is 0 Å². The number of hydrogen-bond acceptors (Lipinski definition) is 0. The Hall–Kier alpha value is -0.960. The molecule has 0 aromatic rings. The van der Waals surface area contributed by atoms with Gasteiger partial charge < -0.3 is 0 Å². The molecule has 0 saturated carbocycles. The van der Waals surface area contributed by atoms with Gasteiger partial charge in [0.1, 0.15) is 0 Å². The third-order valence-electron chi connectivity index (χ3n) is 6.05. The number of allylic oxidation sites excluding steroid dienone is 12. The fourth-order valence-corrected chi connectivity index (χ4v) is 23.2. The van der Waals surface area contributed by atoms with Crippen molar-refractivity contribution in [2.24, 2.45) is 0 Å². The van der Waals surface area contributed by atoms with Crippen LogP contribution in [0.15, 0.2) is 70.9 Å². The van der Waals surface area contributed by atoms with Crippen LogP contribution >= 0.6 is 18.0 Å². The molecule has 7 aliphatic rings. The second kappa shape index (κ2) is 2.37. The van der Waals surface area contributed by atoms with Gasteiger partial charge in [-0.2, -0.15) is 0 Å². The molecule has 94 valence electrons. The van der Waals surface area contributed by atoms with Crippen molar-refractivity contribution < 1.29 is 0 Å². The fraction of sp³-hybridized carbons (Fsp3) is 0.278. The SMILES string of the molecule is CC1=C2C=CC=CC3=CC4C=C5C6(C)C=CC1=I46C352. The van der Waals surface area contributed by atoms with E-state index >= 15 is 0 Å². The van der Waals surface area contributed by atoms with Crippen molar-refractivity contribution >= 4 is 21.5 Å². The summed E-state index contributed by atoms with van der Waals surface area (Å²) in [6, 6.07) is 0. The summed E-state index contributed by atoms with van der Waals surface area (Å²) in [6.07, 6.45) is 19.7. The van der Waals surface area contributed by atoms with Crippen LogP contribution in [0.2, 0.25) is 0 Å². The zero-order chi connectivity index (χ0) is 12.6. The van der Waals surface area contributed by atoms with Crippen molar-refractivity contribution in [1.82, 2.24) is 0 Å². The number of alkyl halides is 3. The van der Waals surface area contributed by atoms with Crippen LogP contribution in [-0.2, 0) is 0 Å². The van der Waals surface area contributed by atoms with Crippen LogP contribution in [0.1, 0.15) is 13.8 Å². The molecule has 6 aliphatic heterocycles. The Morgan fingerprint density at radius 1 is 1.11 bits per heavy atom. The topological polar surface area (TPSA) is 0 Å². The predicted molar refractivity (Wildman–Crippen MR) is 90.2 cm³/mol. The van der Waals surface area contributed by atoms with E-state index < -0.39 is 18.0 Å². The summed E-state index contributed by atoms with van der Waals surface area (Å²) < 4.78 is 3.48. The summed E-state index contributed by atoms with van der Waals surface area (Å²) in [5, 5.41) is 0. The molecule has 7 rings (SSSR count). The van der Waals surface area contributed by atoms with Gasteiger partial charge in [-0.15, -0.1) is 0 Å². The van der Waals surface area contributed by atoms with Gasteiger partial charge in [0, 0.05) is 0 Å². The molecule has 4 bridgehead atoms. The van der Waals surface area contributed by atoms with Crippen molar-refractivity contribution in [3.8, 4) is 0 Å². The molecular weight excluding hydrogens is 343 g/mol. The quantitative estimate of drug-likeness (QED) is 0.349. The molecule has 1 fully saturated rings. The Morgan fingerprint density at radius 3 is 2.84 bits per heavy atom. The molecule has 1 heteroatoms. The van der Waals surface area contributed by atoms with E-state index in [4.69, 9.17) is 0 Å². The van der Waals surface area contributed by atoms with Gasteiger partial charge in [0.25, 0.3) is 0 Å². The minimum atomic E-state index is -2.03. The van der Waals surface area contributed by atoms with E-state index in [9.17, 15) is 0 Å². The zero-order valence-electron chi connectivity index (χ0n) is 11.1. The van der Waals surface area contributed by atoms with Crippen LogP contribution in [0, 0.1) is 0 Å². The van der Waals surface area contributed by atoms with Crippen LogP contribution in [0.5, 0.6) is 0 Å². The molecule has 1 aliphatic carbocycles. The normalized spacial score (nSPS) is 55.9. The van der Waals surface area contributed by atoms with Gasteiger partial charge in [0.2, 0.25) is 0 Å². The Bertz CT molecular complexity index is 852. The third-order valence-corrected chi connectivity index (χ3v) is 20.7. The maximum absolute atomic E-state index is 2.66. The average Bonchev–Trinajstić information content (AvgIpc) is 2.99. The van der Waals surface area contributed by atoms with E-state index in [-0.39, 0.29) is 0 Å². The molecule has 2 spiro atoms. The Morgan fingerprint density at radius 2 is 1.95 bits per heavy atom. The van der Waals surface area contributed by atoms with Crippen LogP contribution in [0.25, 0.3) is 0 Å². The third kappa shape index (κ3) is 0.573. The average molecular weight is 358 g/mol. The Kier molecular flexibility index (Phi) is 1.23. The van der Waals surface area contributed by atoms with E-state index in [0.717, 1.165) is 3.92 Å². The zero-order valence-corrected chi connectivity index (χ0v) is 13.2. The van der Waals surface area contributed by atoms with E-state index in [1.807, 2.05) is 0 Å². The van der Waals surface area contributed by atoms with E-state index in [0.29, 0.717) is 6.84 Å². The standard InChI is InChI=1S/C18H15I/c1-11-14-6-4-3-5-12-9-13-10-16-17(2)8-7-15(11)19(13,17)18(12,14)16/h3-10,13H,1-2H3. The van der Waals surface area contributed by atoms with Crippen LogP contribution in [-0.4, -0.2) is 14.3 Å². The molecule has 0 amide bonds. The maximum atomic E-state index is 2.66. The second-order valence-electron chi connectivity index (χ2n) is 6.43. The van der Waals surface area contributed by atoms with Crippen LogP contribution in [0.4, 0.5) is 0 Å². The molecule has 19 heavy (non-hydrogen) atoms. The molecule has 0 aromatic carbocycles. The fourth-order valence-electron chi connectivity index (χ4n) is 5.59. The van der Waals surface area contributed by atoms with Crippen molar-refractivity contribution in [3.05, 3.63) is 70.9 Å². The molecule has 0 aromatic heterocycles. The van der Waals surface area contributed by atoms with Crippen molar-refractivity contribution in [2.45, 2.75) is 24.6 Å². The van der Waals surface area contributed by atoms with Crippen LogP contribution < -0.4 is 0 Å². The summed E-state index contributed by atoms with van der Waals surface area (Å²) in [6.45, 7) is 4.92. The molecule has 0 radical (unpaired) electrons. The Balaban J connectivity index is 1.91. The minimum absolute atomic E-state index is 0.401. The van der Waals surface area contributed by atoms with Crippen molar-refractivity contribution in [1.29, 1.82) is 0 Å². The van der Waals surface area contributed by atoms with Crippen LogP contribution in [0.3, 0.4) is 0 Å². The molecule has 0 N–H and O–H groups in total. The molecular formula is C18H15I. The molecule has 6 heterocycles. The first-order chi connectivity index (χ1) is 9.19. The predicted octanol–water partition coefficient (Wildman–Crippen LogP) is 3.99. The number of halogens is 1. The van der Waals surface area contributed by atoms with E-state index in [1.165, 1.54) is 0 Å². The number of hydrogen-bond donors (Lipinski definition) is 0. The Labute approximate surface area is 117 Å². The van der Waals surface area contributed by atoms with E-state index in [2.05, 4.69) is 62.5 Å². The van der Waals surface area contributed by atoms with Gasteiger partial charge in [-0.1, -0.05) is 0 Å². The first-order valence-corrected chi connectivity index (χ1v) is 11.5. The van der Waals surface area contributed by atoms with Gasteiger partial charge in [0.05, 0.1) is 0 Å². The monoisotopic (exact) mass is 358 g/mol. The van der Waals surface area contributed by atoms with Gasteiger partial charge in [0.15, 0.2) is 0 Å². The summed E-state index contributed by atoms with van der Waals surface area (Å²) in [4.78, 5) is 0. The van der Waals surface area contributed by atoms with Gasteiger partial charge in [-0.25, -0.2) is 0 Å². The summed E-state index contributed by atoms with van der Waals surface area (Å²) in [5.41, 5.74) is 6.67. The van der Waals surface area contributed by atoms with E-state index in [1.54, 1.807) is 25.8 Å². The molecule has 4 atom stereocenters. The first kappa shape index (κ1) is 9.87. The molecule has 0 nitrogen and oxygen atoms in total. The van der Waals surface area contributed by atoms with Gasteiger partial charge in [-0.3, -0.25) is 0 Å². The molecule has 1 saturated heterocycles. The molecule has 4 unspecified atom stereocenters. The van der Waals surface area contributed by atoms with Gasteiger partial charge >= 0.3 is 117 Å². The van der Waals surface area contributed by atoms with Gasteiger partial charge in [-0.05, 0) is 0 Å². The summed E-state index contributed by atoms with van der Waals surface area (Å²) >= 11 is -2.03. The summed E-state index contributed by atoms with van der Waals surface area (Å²) in [5.74, 6) is 0. The summed E-state index contributed by atoms with van der Waals surface area (Å²) in [7, 11) is 0. The van der Waals surface area contributed by atoms with Crippen molar-refractivity contribution in [2.75, 3.05) is 0 Å². The second-order valence-corrected chi connectivity index (χ2v) is 16.4. The number of rotatable bonds is 0. The first-order valence-electron chi connectivity index (χ1n) is 7.02.